The number of carbonyl (C=O) groups excluding carboxylic acids is 1. The molecule has 1 aliphatic carbocycles. The second kappa shape index (κ2) is 8.57. The van der Waals surface area contributed by atoms with Crippen molar-refractivity contribution < 1.29 is 14.7 Å². The Hall–Kier alpha value is -1.84. The van der Waals surface area contributed by atoms with Crippen LogP contribution >= 0.6 is 0 Å². The molecule has 0 radical (unpaired) electrons. The van der Waals surface area contributed by atoms with Crippen LogP contribution in [0.1, 0.15) is 44.1 Å². The minimum absolute atomic E-state index is 0.0770. The Bertz CT molecular complexity index is 486. The lowest BCUT2D eigenvalue weighted by Crippen LogP contribution is -2.40. The average molecular weight is 303 g/mol. The summed E-state index contributed by atoms with van der Waals surface area (Å²) in [5.74, 6) is -1.76. The average Bonchev–Trinajstić information content (AvgIpc) is 2.55. The van der Waals surface area contributed by atoms with E-state index in [1.165, 1.54) is 5.56 Å². The fourth-order valence-corrected chi connectivity index (χ4v) is 3.18. The number of carbonyl (C=O) groups is 2. The second-order valence-electron chi connectivity index (χ2n) is 6.07. The Kier molecular flexibility index (Phi) is 6.44. The summed E-state index contributed by atoms with van der Waals surface area (Å²) < 4.78 is 0. The maximum absolute atomic E-state index is 12.2. The highest BCUT2D eigenvalue weighted by Gasteiger charge is 2.35. The van der Waals surface area contributed by atoms with Gasteiger partial charge in [-0.25, -0.2) is 0 Å². The van der Waals surface area contributed by atoms with Gasteiger partial charge in [0.15, 0.2) is 0 Å². The maximum atomic E-state index is 12.2. The zero-order valence-corrected chi connectivity index (χ0v) is 13.0. The number of amides is 1. The Morgan fingerprint density at radius 2 is 1.73 bits per heavy atom. The van der Waals surface area contributed by atoms with E-state index in [1.54, 1.807) is 0 Å². The smallest absolute Gasteiger partial charge is 0.307 e. The number of nitrogens with one attached hydrogen (secondary N) is 1. The number of hydrogen-bond donors (Lipinski definition) is 2. The van der Waals surface area contributed by atoms with E-state index in [1.807, 2.05) is 18.2 Å². The molecule has 1 aromatic rings. The molecule has 1 saturated carbocycles. The number of carboxylic acids is 1. The van der Waals surface area contributed by atoms with E-state index in [0.29, 0.717) is 19.4 Å². The first-order valence-corrected chi connectivity index (χ1v) is 8.23. The van der Waals surface area contributed by atoms with Gasteiger partial charge in [-0.05, 0) is 37.7 Å². The van der Waals surface area contributed by atoms with Gasteiger partial charge in [-0.15, -0.1) is 0 Å². The molecule has 120 valence electrons. The van der Waals surface area contributed by atoms with E-state index < -0.39 is 11.9 Å². The number of unbranched alkanes of at least 4 members (excludes halogenated alkanes) is 1. The van der Waals surface area contributed by atoms with Crippen LogP contribution in [0.3, 0.4) is 0 Å². The van der Waals surface area contributed by atoms with Crippen LogP contribution in [0.2, 0.25) is 0 Å². The fourth-order valence-electron chi connectivity index (χ4n) is 3.18. The van der Waals surface area contributed by atoms with Crippen molar-refractivity contribution in [3.05, 3.63) is 35.9 Å². The number of rotatable bonds is 7. The van der Waals surface area contributed by atoms with Crippen LogP contribution in [0.25, 0.3) is 0 Å². The van der Waals surface area contributed by atoms with Gasteiger partial charge in [-0.2, -0.15) is 0 Å². The molecule has 0 unspecified atom stereocenters. The molecule has 4 nitrogen and oxygen atoms in total. The lowest BCUT2D eigenvalue weighted by molar-refractivity contribution is -0.148. The SMILES string of the molecule is O=C(O)[C@@H]1CCCC[C@H]1C(=O)NCCCCc1ccccc1. The molecule has 0 saturated heterocycles. The standard InChI is InChI=1S/C18H25NO3/c20-17(15-11-4-5-12-16(15)18(21)22)19-13-7-6-10-14-8-2-1-3-9-14/h1-3,8-9,15-16H,4-7,10-13H2,(H,19,20)(H,21,22)/t15-,16-/m1/s1. The summed E-state index contributed by atoms with van der Waals surface area (Å²) in [5, 5.41) is 12.1. The highest BCUT2D eigenvalue weighted by Crippen LogP contribution is 2.30. The minimum atomic E-state index is -0.830. The second-order valence-corrected chi connectivity index (χ2v) is 6.07. The summed E-state index contributed by atoms with van der Waals surface area (Å²) in [6, 6.07) is 10.3. The number of carboxylic acid groups (broad SMARTS) is 1. The quantitative estimate of drug-likeness (QED) is 0.761. The van der Waals surface area contributed by atoms with Gasteiger partial charge in [0.2, 0.25) is 5.91 Å². The van der Waals surface area contributed by atoms with Gasteiger partial charge in [0.25, 0.3) is 0 Å². The van der Waals surface area contributed by atoms with Crippen LogP contribution in [-0.4, -0.2) is 23.5 Å². The van der Waals surface area contributed by atoms with Gasteiger partial charge in [0.1, 0.15) is 0 Å². The topological polar surface area (TPSA) is 66.4 Å². The van der Waals surface area contributed by atoms with Crippen LogP contribution in [0, 0.1) is 11.8 Å². The molecule has 4 heteroatoms. The van der Waals surface area contributed by atoms with Crippen molar-refractivity contribution in [3.63, 3.8) is 0 Å². The zero-order valence-electron chi connectivity index (χ0n) is 13.0. The molecule has 0 aliphatic heterocycles. The summed E-state index contributed by atoms with van der Waals surface area (Å²) in [6.07, 6.45) is 6.16. The molecule has 2 atom stereocenters. The van der Waals surface area contributed by atoms with Crippen LogP contribution < -0.4 is 5.32 Å². The Morgan fingerprint density at radius 3 is 2.41 bits per heavy atom. The third-order valence-electron chi connectivity index (χ3n) is 4.45. The van der Waals surface area contributed by atoms with Crippen LogP contribution in [0.5, 0.6) is 0 Å². The van der Waals surface area contributed by atoms with E-state index in [9.17, 15) is 14.7 Å². The lowest BCUT2D eigenvalue weighted by Gasteiger charge is -2.27. The summed E-state index contributed by atoms with van der Waals surface area (Å²) in [5.41, 5.74) is 1.31. The van der Waals surface area contributed by atoms with Crippen molar-refractivity contribution in [2.75, 3.05) is 6.54 Å². The minimum Gasteiger partial charge on any atom is -0.481 e. The number of benzene rings is 1. The molecule has 22 heavy (non-hydrogen) atoms. The number of aryl methyl sites for hydroxylation is 1. The first-order valence-electron chi connectivity index (χ1n) is 8.23. The first kappa shape index (κ1) is 16.5. The van der Waals surface area contributed by atoms with Gasteiger partial charge >= 0.3 is 5.97 Å². The summed E-state index contributed by atoms with van der Waals surface area (Å²) >= 11 is 0. The summed E-state index contributed by atoms with van der Waals surface area (Å²) in [6.45, 7) is 0.633. The van der Waals surface area contributed by atoms with Crippen molar-refractivity contribution in [1.82, 2.24) is 5.32 Å². The molecule has 2 rings (SSSR count). The van der Waals surface area contributed by atoms with Crippen LogP contribution in [-0.2, 0) is 16.0 Å². The zero-order chi connectivity index (χ0) is 15.8. The molecule has 0 bridgehead atoms. The van der Waals surface area contributed by atoms with E-state index in [0.717, 1.165) is 32.1 Å². The molecule has 0 spiro atoms. The molecule has 1 aromatic carbocycles. The van der Waals surface area contributed by atoms with Gasteiger partial charge in [0, 0.05) is 6.54 Å². The highest BCUT2D eigenvalue weighted by molar-refractivity contribution is 5.84. The van der Waals surface area contributed by atoms with Crippen LogP contribution in [0.15, 0.2) is 30.3 Å². The van der Waals surface area contributed by atoms with E-state index in [2.05, 4.69) is 17.4 Å². The molecular formula is C18H25NO3. The van der Waals surface area contributed by atoms with Gasteiger partial charge in [-0.1, -0.05) is 43.2 Å². The number of aliphatic carboxylic acids is 1. The van der Waals surface area contributed by atoms with Crippen molar-refractivity contribution in [2.24, 2.45) is 11.8 Å². The third kappa shape index (κ3) is 4.86. The predicted molar refractivity (Wildman–Crippen MR) is 85.5 cm³/mol. The molecular weight excluding hydrogens is 278 g/mol. The molecule has 1 aliphatic rings. The third-order valence-corrected chi connectivity index (χ3v) is 4.45. The Labute approximate surface area is 131 Å². The van der Waals surface area contributed by atoms with Crippen molar-refractivity contribution in [2.45, 2.75) is 44.9 Å². The van der Waals surface area contributed by atoms with Gasteiger partial charge in [0.05, 0.1) is 11.8 Å². The molecule has 1 amide bonds. The largest absolute Gasteiger partial charge is 0.481 e. The molecule has 1 fully saturated rings. The first-order chi connectivity index (χ1) is 10.7. The monoisotopic (exact) mass is 303 g/mol. The van der Waals surface area contributed by atoms with Gasteiger partial charge < -0.3 is 10.4 Å². The van der Waals surface area contributed by atoms with Crippen molar-refractivity contribution in [3.8, 4) is 0 Å². The number of hydrogen-bond acceptors (Lipinski definition) is 2. The van der Waals surface area contributed by atoms with Crippen LogP contribution in [0.4, 0.5) is 0 Å². The van der Waals surface area contributed by atoms with Crippen molar-refractivity contribution in [1.29, 1.82) is 0 Å². The fraction of sp³-hybridized carbons (Fsp3) is 0.556. The Balaban J connectivity index is 1.67. The Morgan fingerprint density at radius 1 is 1.05 bits per heavy atom. The summed E-state index contributed by atoms with van der Waals surface area (Å²) in [4.78, 5) is 23.4. The lowest BCUT2D eigenvalue weighted by atomic mass is 9.78. The highest BCUT2D eigenvalue weighted by atomic mass is 16.4. The normalized spacial score (nSPS) is 21.3. The van der Waals surface area contributed by atoms with E-state index >= 15 is 0 Å². The van der Waals surface area contributed by atoms with E-state index in [-0.39, 0.29) is 11.8 Å². The van der Waals surface area contributed by atoms with Gasteiger partial charge in [-0.3, -0.25) is 9.59 Å². The predicted octanol–water partition coefficient (Wildman–Crippen LogP) is 3.02. The molecule has 2 N–H and O–H groups in total. The molecule has 0 heterocycles. The maximum Gasteiger partial charge on any atom is 0.307 e. The molecule has 0 aromatic heterocycles. The van der Waals surface area contributed by atoms with E-state index in [4.69, 9.17) is 0 Å². The summed E-state index contributed by atoms with van der Waals surface area (Å²) in [7, 11) is 0. The van der Waals surface area contributed by atoms with Crippen molar-refractivity contribution >= 4 is 11.9 Å².